The van der Waals surface area contributed by atoms with Crippen LogP contribution in [0, 0.1) is 0 Å². The molecule has 2 aliphatic heterocycles. The molecule has 0 saturated carbocycles. The Kier molecular flexibility index (Phi) is 12.8. The number of amides is 1. The molecule has 7 nitrogen and oxygen atoms in total. The van der Waals surface area contributed by atoms with E-state index in [0.29, 0.717) is 18.5 Å². The maximum Gasteiger partial charge on any atom is 0.224 e. The second-order valence-electron chi connectivity index (χ2n) is 14.2. The maximum atomic E-state index is 13.7. The fraction of sp³-hybridized carbons (Fsp3) is 0.649. The molecule has 44 heavy (non-hydrogen) atoms. The summed E-state index contributed by atoms with van der Waals surface area (Å²) in [5, 5.41) is 3.24. The van der Waals surface area contributed by atoms with Gasteiger partial charge < -0.3 is 15.0 Å². The molecule has 0 spiro atoms. The van der Waals surface area contributed by atoms with E-state index in [2.05, 4.69) is 121 Å². The SMILES string of the molecule is CNCN(C)CCc1cccc(CC2CN(C(C)(C)CC(=O)N3CCCC(OC(C)C)C3)CC(C)N2Cc2ccccc2)c1. The molecule has 3 unspecified atom stereocenters. The Bertz CT molecular complexity index is 1160. The average molecular weight is 606 g/mol. The lowest BCUT2D eigenvalue weighted by atomic mass is 9.90. The molecular weight excluding hydrogens is 546 g/mol. The Morgan fingerprint density at radius 3 is 2.50 bits per heavy atom. The van der Waals surface area contributed by atoms with Crippen LogP contribution < -0.4 is 5.32 Å². The van der Waals surface area contributed by atoms with E-state index >= 15 is 0 Å². The number of carbonyl (C=O) groups excluding carboxylic acids is 1. The van der Waals surface area contributed by atoms with Crippen molar-refractivity contribution in [3.63, 3.8) is 0 Å². The van der Waals surface area contributed by atoms with Gasteiger partial charge in [0.05, 0.1) is 12.2 Å². The van der Waals surface area contributed by atoms with Crippen LogP contribution in [0.2, 0.25) is 0 Å². The lowest BCUT2D eigenvalue weighted by Crippen LogP contribution is -2.63. The first kappa shape index (κ1) is 34.6. The molecule has 2 aliphatic rings. The first-order chi connectivity index (χ1) is 21.0. The molecule has 0 aliphatic carbocycles. The minimum atomic E-state index is -0.228. The Morgan fingerprint density at radius 1 is 1.05 bits per heavy atom. The lowest BCUT2D eigenvalue weighted by molar-refractivity contribution is -0.140. The summed E-state index contributed by atoms with van der Waals surface area (Å²) < 4.78 is 6.09. The van der Waals surface area contributed by atoms with Gasteiger partial charge in [-0.15, -0.1) is 0 Å². The Hall–Kier alpha value is -2.29. The molecule has 0 bridgehead atoms. The number of hydrogen-bond donors (Lipinski definition) is 1. The van der Waals surface area contributed by atoms with Crippen molar-refractivity contribution in [3.8, 4) is 0 Å². The van der Waals surface area contributed by atoms with E-state index < -0.39 is 0 Å². The highest BCUT2D eigenvalue weighted by atomic mass is 16.5. The highest BCUT2D eigenvalue weighted by molar-refractivity contribution is 5.77. The van der Waals surface area contributed by atoms with Gasteiger partial charge in [0.2, 0.25) is 5.91 Å². The Balaban J connectivity index is 1.48. The summed E-state index contributed by atoms with van der Waals surface area (Å²) in [6.45, 7) is 17.4. The molecule has 2 saturated heterocycles. The minimum Gasteiger partial charge on any atom is -0.374 e. The predicted molar refractivity (Wildman–Crippen MR) is 182 cm³/mol. The first-order valence-corrected chi connectivity index (χ1v) is 16.9. The standard InChI is InChI=1S/C37H59N5O2/c1-29(2)44-35-17-12-19-40(27-35)36(43)23-37(4,5)41-24-30(3)42(25-32-13-9-8-10-14-32)34(26-41)22-33-16-11-15-31(21-33)18-20-39(7)28-38-6/h8-11,13-16,21,29-30,34-35,38H,12,17-20,22-28H2,1-7H3. The van der Waals surface area contributed by atoms with Crippen molar-refractivity contribution in [2.45, 2.75) is 103 Å². The number of nitrogens with zero attached hydrogens (tertiary/aromatic N) is 4. The number of nitrogens with one attached hydrogen (secondary N) is 1. The van der Waals surface area contributed by atoms with E-state index in [1.807, 2.05) is 7.05 Å². The molecule has 2 fully saturated rings. The van der Waals surface area contributed by atoms with Crippen LogP contribution in [0.5, 0.6) is 0 Å². The van der Waals surface area contributed by atoms with Gasteiger partial charge in [-0.05, 0) is 91.1 Å². The summed E-state index contributed by atoms with van der Waals surface area (Å²) in [7, 11) is 4.16. The summed E-state index contributed by atoms with van der Waals surface area (Å²) in [4.78, 5) is 23.3. The molecule has 3 atom stereocenters. The van der Waals surface area contributed by atoms with Crippen LogP contribution in [0.4, 0.5) is 0 Å². The largest absolute Gasteiger partial charge is 0.374 e. The number of piperidine rings is 1. The minimum absolute atomic E-state index is 0.154. The van der Waals surface area contributed by atoms with Crippen LogP contribution in [0.25, 0.3) is 0 Å². The van der Waals surface area contributed by atoms with Gasteiger partial charge in [-0.3, -0.25) is 19.5 Å². The van der Waals surface area contributed by atoms with Crippen LogP contribution in [0.15, 0.2) is 54.6 Å². The van der Waals surface area contributed by atoms with Crippen molar-refractivity contribution in [1.82, 2.24) is 24.9 Å². The molecule has 244 valence electrons. The van der Waals surface area contributed by atoms with E-state index in [9.17, 15) is 4.79 Å². The van der Waals surface area contributed by atoms with Crippen molar-refractivity contribution in [2.24, 2.45) is 0 Å². The van der Waals surface area contributed by atoms with Gasteiger partial charge in [-0.1, -0.05) is 54.6 Å². The van der Waals surface area contributed by atoms with Crippen molar-refractivity contribution < 1.29 is 9.53 Å². The Labute approximate surface area is 267 Å². The number of carbonyl (C=O) groups is 1. The molecule has 2 aromatic rings. The number of piperazine rings is 1. The molecule has 4 rings (SSSR count). The van der Waals surface area contributed by atoms with Gasteiger partial charge in [-0.2, -0.15) is 0 Å². The second-order valence-corrected chi connectivity index (χ2v) is 14.2. The number of likely N-dealkylation sites (tertiary alicyclic amines) is 1. The molecule has 0 radical (unpaired) electrons. The van der Waals surface area contributed by atoms with Crippen molar-refractivity contribution in [1.29, 1.82) is 0 Å². The zero-order chi connectivity index (χ0) is 31.7. The van der Waals surface area contributed by atoms with Gasteiger partial charge in [-0.25, -0.2) is 0 Å². The van der Waals surface area contributed by atoms with Crippen molar-refractivity contribution in [2.75, 3.05) is 53.5 Å². The molecular formula is C37H59N5O2. The van der Waals surface area contributed by atoms with Crippen LogP contribution in [0.1, 0.15) is 70.6 Å². The van der Waals surface area contributed by atoms with E-state index in [4.69, 9.17) is 4.74 Å². The summed E-state index contributed by atoms with van der Waals surface area (Å²) >= 11 is 0. The number of rotatable bonds is 14. The summed E-state index contributed by atoms with van der Waals surface area (Å²) in [6, 6.07) is 20.8. The summed E-state index contributed by atoms with van der Waals surface area (Å²) in [5.74, 6) is 0.263. The first-order valence-electron chi connectivity index (χ1n) is 16.9. The topological polar surface area (TPSA) is 51.3 Å². The number of ether oxygens (including phenoxy) is 1. The molecule has 7 heteroatoms. The van der Waals surface area contributed by atoms with Crippen LogP contribution in [-0.4, -0.2) is 109 Å². The number of benzene rings is 2. The monoisotopic (exact) mass is 605 g/mol. The van der Waals surface area contributed by atoms with Crippen LogP contribution in [0.3, 0.4) is 0 Å². The third kappa shape index (κ3) is 10.1. The molecule has 1 amide bonds. The molecule has 1 N–H and O–H groups in total. The molecule has 2 aromatic carbocycles. The normalized spacial score (nSPS) is 22.2. The van der Waals surface area contributed by atoms with Crippen LogP contribution >= 0.6 is 0 Å². The third-order valence-corrected chi connectivity index (χ3v) is 9.47. The van der Waals surface area contributed by atoms with Crippen LogP contribution in [-0.2, 0) is 28.9 Å². The van der Waals surface area contributed by atoms with Crippen molar-refractivity contribution >= 4 is 5.91 Å². The number of hydrogen-bond acceptors (Lipinski definition) is 6. The third-order valence-electron chi connectivity index (χ3n) is 9.47. The fourth-order valence-electron chi connectivity index (χ4n) is 7.08. The molecule has 0 aromatic heterocycles. The van der Waals surface area contributed by atoms with Gasteiger partial charge in [0.25, 0.3) is 0 Å². The second kappa shape index (κ2) is 16.3. The smallest absolute Gasteiger partial charge is 0.224 e. The van der Waals surface area contributed by atoms with Gasteiger partial charge in [0, 0.05) is 70.0 Å². The summed E-state index contributed by atoms with van der Waals surface area (Å²) in [5.41, 5.74) is 3.92. The predicted octanol–water partition coefficient (Wildman–Crippen LogP) is 5.04. The van der Waals surface area contributed by atoms with E-state index in [1.165, 1.54) is 16.7 Å². The highest BCUT2D eigenvalue weighted by Crippen LogP contribution is 2.30. The summed E-state index contributed by atoms with van der Waals surface area (Å²) in [6.07, 6.45) is 4.99. The van der Waals surface area contributed by atoms with E-state index in [-0.39, 0.29) is 23.7 Å². The fourth-order valence-corrected chi connectivity index (χ4v) is 7.08. The zero-order valence-electron chi connectivity index (χ0n) is 28.6. The van der Waals surface area contributed by atoms with Gasteiger partial charge in [0.15, 0.2) is 0 Å². The Morgan fingerprint density at radius 2 is 1.77 bits per heavy atom. The quantitative estimate of drug-likeness (QED) is 0.305. The van der Waals surface area contributed by atoms with Crippen molar-refractivity contribution in [3.05, 3.63) is 71.3 Å². The van der Waals surface area contributed by atoms with E-state index in [0.717, 1.165) is 71.6 Å². The average Bonchev–Trinajstić information content (AvgIpc) is 2.98. The lowest BCUT2D eigenvalue weighted by Gasteiger charge is -2.51. The van der Waals surface area contributed by atoms with Gasteiger partial charge >= 0.3 is 0 Å². The van der Waals surface area contributed by atoms with E-state index in [1.54, 1.807) is 0 Å². The number of likely N-dealkylation sites (N-methyl/N-ethyl adjacent to an activating group) is 1. The zero-order valence-corrected chi connectivity index (χ0v) is 28.6. The van der Waals surface area contributed by atoms with Gasteiger partial charge in [0.1, 0.15) is 0 Å². The highest BCUT2D eigenvalue weighted by Gasteiger charge is 2.40. The maximum absolute atomic E-state index is 13.7. The molecule has 2 heterocycles.